The minimum Gasteiger partial charge on any atom is -0.456 e. The maximum absolute atomic E-state index is 14.1. The van der Waals surface area contributed by atoms with E-state index in [1.807, 2.05) is 0 Å². The molecule has 210 valence electrons. The van der Waals surface area contributed by atoms with Crippen molar-refractivity contribution < 1.29 is 50.3 Å². The van der Waals surface area contributed by atoms with Crippen LogP contribution in [0.4, 0.5) is 32.0 Å². The Balaban J connectivity index is 1.36. The zero-order valence-electron chi connectivity index (χ0n) is 20.8. The Kier molecular flexibility index (Phi) is 5.47. The average Bonchev–Trinajstić information content (AvgIpc) is 3.56. The van der Waals surface area contributed by atoms with Crippen LogP contribution in [0.5, 0.6) is 11.5 Å². The summed E-state index contributed by atoms with van der Waals surface area (Å²) in [5.41, 5.74) is -2.96. The van der Waals surface area contributed by atoms with Crippen molar-refractivity contribution in [1.82, 2.24) is 4.90 Å². The number of likely N-dealkylation sites (tertiary alicyclic amines) is 1. The molecular formula is C27H20F6N2O5. The lowest BCUT2D eigenvalue weighted by atomic mass is 9.70. The van der Waals surface area contributed by atoms with E-state index in [-0.39, 0.29) is 5.56 Å². The second kappa shape index (κ2) is 8.31. The highest BCUT2D eigenvalue weighted by Gasteiger charge is 2.72. The van der Waals surface area contributed by atoms with Crippen LogP contribution >= 0.6 is 0 Å². The molecule has 4 aliphatic rings. The van der Waals surface area contributed by atoms with Crippen molar-refractivity contribution in [2.24, 2.45) is 35.5 Å². The van der Waals surface area contributed by atoms with Crippen LogP contribution in [-0.2, 0) is 31.5 Å². The number of rotatable bonds is 3. The van der Waals surface area contributed by atoms with Crippen LogP contribution in [0.15, 0.2) is 36.4 Å². The van der Waals surface area contributed by atoms with Gasteiger partial charge in [0.15, 0.2) is 0 Å². The molecule has 6 atom stereocenters. The van der Waals surface area contributed by atoms with E-state index in [4.69, 9.17) is 4.74 Å². The molecule has 2 bridgehead atoms. The van der Waals surface area contributed by atoms with Crippen LogP contribution in [0.2, 0.25) is 0 Å². The molecule has 2 saturated carbocycles. The van der Waals surface area contributed by atoms with Gasteiger partial charge in [0, 0.05) is 7.05 Å². The molecule has 40 heavy (non-hydrogen) atoms. The van der Waals surface area contributed by atoms with Crippen LogP contribution in [0.3, 0.4) is 0 Å². The zero-order chi connectivity index (χ0) is 29.0. The van der Waals surface area contributed by atoms with Crippen molar-refractivity contribution in [2.75, 3.05) is 11.9 Å². The van der Waals surface area contributed by atoms with Crippen LogP contribution in [0, 0.1) is 42.4 Å². The summed E-state index contributed by atoms with van der Waals surface area (Å²) in [6.07, 6.45) is -9.70. The van der Waals surface area contributed by atoms with Crippen molar-refractivity contribution in [3.8, 4) is 11.5 Å². The first-order valence-electron chi connectivity index (χ1n) is 12.4. The van der Waals surface area contributed by atoms with Crippen LogP contribution in [0.1, 0.15) is 23.1 Å². The standard InChI is InChI=1S/C27H20F6N2O5/c1-10-3-5-16(14(7-10)26(28,29)30)40-17-6-4-11(8-15(17)27(31,32)33)35-24(38)20-12-9-13(21(20)25(35)39)19-18(12)22(36)34(2)23(19)37/h3-8,12-13,18-21H,9H2,1-2H3. The van der Waals surface area contributed by atoms with E-state index in [2.05, 4.69) is 0 Å². The molecule has 6 unspecified atom stereocenters. The third-order valence-electron chi connectivity index (χ3n) is 8.59. The number of alkyl halides is 6. The van der Waals surface area contributed by atoms with Gasteiger partial charge in [0.1, 0.15) is 17.1 Å². The largest absolute Gasteiger partial charge is 0.456 e. The van der Waals surface area contributed by atoms with E-state index in [1.165, 1.54) is 20.0 Å². The number of aryl methyl sites for hydroxylation is 1. The number of fused-ring (bicyclic) bond motifs is 8. The Morgan fingerprint density at radius 3 is 1.65 bits per heavy atom. The predicted octanol–water partition coefficient (Wildman–Crippen LogP) is 4.81. The van der Waals surface area contributed by atoms with E-state index < -0.39 is 99.8 Å². The molecule has 0 aromatic heterocycles. The average molecular weight is 566 g/mol. The molecule has 0 N–H and O–H groups in total. The number of hydrogen-bond acceptors (Lipinski definition) is 5. The maximum atomic E-state index is 14.1. The van der Waals surface area contributed by atoms with Crippen molar-refractivity contribution in [1.29, 1.82) is 0 Å². The van der Waals surface area contributed by atoms with Crippen molar-refractivity contribution >= 4 is 29.3 Å². The number of benzene rings is 2. The third kappa shape index (κ3) is 3.58. The fourth-order valence-electron chi connectivity index (χ4n) is 7.02. The number of ether oxygens (including phenoxy) is 1. The van der Waals surface area contributed by atoms with Crippen molar-refractivity contribution in [2.45, 2.75) is 25.7 Å². The van der Waals surface area contributed by atoms with E-state index in [0.717, 1.165) is 29.2 Å². The van der Waals surface area contributed by atoms with E-state index in [9.17, 15) is 45.5 Å². The first-order chi connectivity index (χ1) is 18.6. The lowest BCUT2D eigenvalue weighted by molar-refractivity contribution is -0.141. The summed E-state index contributed by atoms with van der Waals surface area (Å²) < 4.78 is 87.9. The molecule has 0 spiro atoms. The van der Waals surface area contributed by atoms with Gasteiger partial charge in [0.05, 0.1) is 34.9 Å². The number of carbonyl (C=O) groups is 4. The van der Waals surface area contributed by atoms with Gasteiger partial charge in [-0.3, -0.25) is 29.0 Å². The second-order valence-corrected chi connectivity index (χ2v) is 10.7. The normalized spacial score (nSPS) is 29.5. The van der Waals surface area contributed by atoms with E-state index in [1.54, 1.807) is 0 Å². The first kappa shape index (κ1) is 26.3. The quantitative estimate of drug-likeness (QED) is 0.394. The molecule has 7 nitrogen and oxygen atoms in total. The van der Waals surface area contributed by atoms with Crippen molar-refractivity contribution in [3.63, 3.8) is 0 Å². The Bertz CT molecular complexity index is 1460. The summed E-state index contributed by atoms with van der Waals surface area (Å²) in [5.74, 6) is -8.78. The third-order valence-corrected chi connectivity index (χ3v) is 8.59. The Morgan fingerprint density at radius 1 is 0.700 bits per heavy atom. The van der Waals surface area contributed by atoms with Crippen molar-refractivity contribution in [3.05, 3.63) is 53.1 Å². The Morgan fingerprint density at radius 2 is 1.15 bits per heavy atom. The molecule has 2 aliphatic carbocycles. The highest BCUT2D eigenvalue weighted by atomic mass is 19.4. The summed E-state index contributed by atoms with van der Waals surface area (Å²) in [5, 5.41) is 0. The topological polar surface area (TPSA) is 84.0 Å². The van der Waals surface area contributed by atoms with Gasteiger partial charge in [0.2, 0.25) is 23.6 Å². The van der Waals surface area contributed by atoms with Gasteiger partial charge in [-0.05, 0) is 55.5 Å². The number of carbonyl (C=O) groups excluding carboxylic acids is 4. The van der Waals surface area contributed by atoms with Gasteiger partial charge >= 0.3 is 12.4 Å². The summed E-state index contributed by atoms with van der Waals surface area (Å²) in [4.78, 5) is 53.8. The molecule has 6 rings (SSSR count). The smallest absolute Gasteiger partial charge is 0.420 e. The fourth-order valence-corrected chi connectivity index (χ4v) is 7.02. The number of nitrogens with zero attached hydrogens (tertiary/aromatic N) is 2. The summed E-state index contributed by atoms with van der Waals surface area (Å²) in [6, 6.07) is 5.15. The van der Waals surface area contributed by atoms with Gasteiger partial charge in [0.25, 0.3) is 0 Å². The number of hydrogen-bond donors (Lipinski definition) is 0. The number of halogens is 6. The monoisotopic (exact) mass is 566 g/mol. The van der Waals surface area contributed by atoms with Gasteiger partial charge < -0.3 is 4.74 Å². The van der Waals surface area contributed by atoms with Gasteiger partial charge in [-0.15, -0.1) is 0 Å². The molecule has 4 amide bonds. The number of imide groups is 2. The summed E-state index contributed by atoms with van der Waals surface area (Å²) in [6.45, 7) is 1.39. The molecule has 0 radical (unpaired) electrons. The van der Waals surface area contributed by atoms with Gasteiger partial charge in [-0.2, -0.15) is 26.3 Å². The fraction of sp³-hybridized carbons (Fsp3) is 0.407. The molecule has 13 heteroatoms. The van der Waals surface area contributed by atoms with Gasteiger partial charge in [-0.1, -0.05) is 11.6 Å². The number of anilines is 1. The summed E-state index contributed by atoms with van der Waals surface area (Å²) in [7, 11) is 1.34. The Hall–Kier alpha value is -3.90. The minimum absolute atomic E-state index is 0.218. The highest BCUT2D eigenvalue weighted by Crippen LogP contribution is 2.64. The molecule has 4 fully saturated rings. The van der Waals surface area contributed by atoms with E-state index in [0.29, 0.717) is 17.4 Å². The first-order valence-corrected chi connectivity index (χ1v) is 12.4. The molecule has 2 heterocycles. The highest BCUT2D eigenvalue weighted by molar-refractivity contribution is 6.23. The summed E-state index contributed by atoms with van der Waals surface area (Å²) >= 11 is 0. The maximum Gasteiger partial charge on any atom is 0.420 e. The molecule has 2 aliphatic heterocycles. The molecule has 2 saturated heterocycles. The molecule has 2 aromatic carbocycles. The van der Waals surface area contributed by atoms with Gasteiger partial charge in [-0.25, -0.2) is 0 Å². The Labute approximate surface area is 222 Å². The predicted molar refractivity (Wildman–Crippen MR) is 124 cm³/mol. The zero-order valence-corrected chi connectivity index (χ0v) is 20.8. The molecular weight excluding hydrogens is 546 g/mol. The van der Waals surface area contributed by atoms with E-state index >= 15 is 0 Å². The lowest BCUT2D eigenvalue weighted by Gasteiger charge is -2.27. The van der Waals surface area contributed by atoms with Crippen LogP contribution in [-0.4, -0.2) is 35.6 Å². The van der Waals surface area contributed by atoms with Crippen LogP contribution < -0.4 is 9.64 Å². The second-order valence-electron chi connectivity index (χ2n) is 10.7. The SMILES string of the molecule is Cc1ccc(Oc2ccc(N3C(=O)C4C5CC(C6C(=O)N(C)C(=O)C56)C4C3=O)cc2C(F)(F)F)c(C(F)(F)F)c1. The lowest BCUT2D eigenvalue weighted by Crippen LogP contribution is -2.37. The van der Waals surface area contributed by atoms with Crippen LogP contribution in [0.25, 0.3) is 0 Å². The molecule has 2 aromatic rings. The number of amides is 4. The minimum atomic E-state index is -5.12.